The van der Waals surface area contributed by atoms with Crippen molar-refractivity contribution in [2.75, 3.05) is 0 Å². The number of hydrogen-bond acceptors (Lipinski definition) is 2. The Bertz CT molecular complexity index is 1100. The molecule has 4 rings (SSSR count). The zero-order valence-electron chi connectivity index (χ0n) is 20.1. The molecule has 0 saturated heterocycles. The van der Waals surface area contributed by atoms with E-state index in [9.17, 15) is 4.21 Å². The van der Waals surface area contributed by atoms with Gasteiger partial charge in [0.25, 0.3) is 0 Å². The van der Waals surface area contributed by atoms with Gasteiger partial charge >= 0.3 is 0 Å². The van der Waals surface area contributed by atoms with Crippen molar-refractivity contribution in [1.29, 1.82) is 0 Å². The van der Waals surface area contributed by atoms with Gasteiger partial charge in [-0.25, -0.2) is 8.93 Å². The smallest absolute Gasteiger partial charge is 0.126 e. The van der Waals surface area contributed by atoms with Gasteiger partial charge in [-0.3, -0.25) is 4.98 Å². The van der Waals surface area contributed by atoms with E-state index in [1.807, 2.05) is 6.07 Å². The van der Waals surface area contributed by atoms with Gasteiger partial charge in [0, 0.05) is 29.7 Å². The van der Waals surface area contributed by atoms with Gasteiger partial charge in [-0.05, 0) is 80.7 Å². The average Bonchev–Trinajstić information content (AvgIpc) is 3.57. The fourth-order valence-electron chi connectivity index (χ4n) is 4.54. The molecule has 0 aliphatic heterocycles. The molecule has 0 amide bonds. The number of aromatic nitrogens is 2. The highest BCUT2D eigenvalue weighted by Gasteiger charge is 2.29. The van der Waals surface area contributed by atoms with E-state index in [0.717, 1.165) is 30.0 Å². The first kappa shape index (κ1) is 23.2. The van der Waals surface area contributed by atoms with Gasteiger partial charge in [0.2, 0.25) is 0 Å². The molecule has 2 unspecified atom stereocenters. The summed E-state index contributed by atoms with van der Waals surface area (Å²) in [7, 11) is -1.22. The van der Waals surface area contributed by atoms with Crippen molar-refractivity contribution in [1.82, 2.24) is 14.3 Å². The maximum atomic E-state index is 12.8. The Kier molecular flexibility index (Phi) is 7.16. The second kappa shape index (κ2) is 9.88. The van der Waals surface area contributed by atoms with Crippen LogP contribution in [0.25, 0.3) is 22.3 Å². The Labute approximate surface area is 195 Å². The Hall–Kier alpha value is -1.98. The number of benzene rings is 1. The number of hydrogen-bond donors (Lipinski definition) is 1. The fraction of sp³-hybridized carbons (Fsp3) is 0.519. The van der Waals surface area contributed by atoms with Crippen LogP contribution in [0.5, 0.6) is 0 Å². The molecule has 1 saturated carbocycles. The topological polar surface area (TPSA) is 46.9 Å². The number of rotatable bonds is 10. The van der Waals surface area contributed by atoms with Crippen LogP contribution in [0.4, 0.5) is 0 Å². The van der Waals surface area contributed by atoms with E-state index in [-0.39, 0.29) is 6.04 Å². The lowest BCUT2D eigenvalue weighted by atomic mass is 10.0. The minimum absolute atomic E-state index is 0.285. The summed E-state index contributed by atoms with van der Waals surface area (Å²) in [5, 5.41) is 1.34. The van der Waals surface area contributed by atoms with Crippen molar-refractivity contribution in [2.24, 2.45) is 11.8 Å². The Morgan fingerprint density at radius 3 is 2.59 bits per heavy atom. The van der Waals surface area contributed by atoms with Crippen LogP contribution in [-0.4, -0.2) is 19.8 Å². The Morgan fingerprint density at radius 1 is 1.19 bits per heavy atom. The maximum absolute atomic E-state index is 12.8. The molecule has 2 heterocycles. The van der Waals surface area contributed by atoms with Gasteiger partial charge in [0.15, 0.2) is 0 Å². The molecule has 4 nitrogen and oxygen atoms in total. The number of nitrogens with one attached hydrogen (secondary N) is 1. The molecule has 0 radical (unpaired) electrons. The van der Waals surface area contributed by atoms with Crippen LogP contribution in [-0.2, 0) is 24.0 Å². The summed E-state index contributed by atoms with van der Waals surface area (Å²) in [4.78, 5) is 5.59. The number of unbranched alkanes of at least 4 members (excludes halogenated alkanes) is 1. The van der Waals surface area contributed by atoms with Gasteiger partial charge in [-0.1, -0.05) is 39.3 Å². The minimum Gasteiger partial charge on any atom is -0.339 e. The van der Waals surface area contributed by atoms with Crippen LogP contribution >= 0.6 is 0 Å². The third-order valence-electron chi connectivity index (χ3n) is 6.47. The van der Waals surface area contributed by atoms with E-state index < -0.39 is 11.0 Å². The quantitative estimate of drug-likeness (QED) is 0.386. The number of pyridine rings is 1. The van der Waals surface area contributed by atoms with Crippen molar-refractivity contribution in [2.45, 2.75) is 84.2 Å². The zero-order valence-corrected chi connectivity index (χ0v) is 21.0. The molecular formula is C27H37N3OS. The second-order valence-corrected chi connectivity index (χ2v) is 11.1. The van der Waals surface area contributed by atoms with Gasteiger partial charge in [-0.15, -0.1) is 0 Å². The van der Waals surface area contributed by atoms with Crippen molar-refractivity contribution in [3.63, 3.8) is 0 Å². The molecule has 3 aromatic rings. The van der Waals surface area contributed by atoms with Crippen molar-refractivity contribution in [3.05, 3.63) is 47.7 Å². The van der Waals surface area contributed by atoms with Crippen LogP contribution in [0.15, 0.2) is 41.4 Å². The lowest BCUT2D eigenvalue weighted by Crippen LogP contribution is -2.29. The van der Waals surface area contributed by atoms with Crippen molar-refractivity contribution in [3.8, 4) is 11.4 Å². The first-order chi connectivity index (χ1) is 15.4. The lowest BCUT2D eigenvalue weighted by Gasteiger charge is -2.15. The summed E-state index contributed by atoms with van der Waals surface area (Å²) in [6, 6.07) is 11.1. The molecule has 1 aromatic carbocycles. The predicted molar refractivity (Wildman–Crippen MR) is 135 cm³/mol. The number of fused-ring (bicyclic) bond motifs is 1. The van der Waals surface area contributed by atoms with Crippen molar-refractivity contribution < 1.29 is 4.21 Å². The average molecular weight is 452 g/mol. The molecule has 5 heteroatoms. The van der Waals surface area contributed by atoms with Crippen molar-refractivity contribution >= 4 is 21.9 Å². The Morgan fingerprint density at radius 2 is 1.97 bits per heavy atom. The maximum Gasteiger partial charge on any atom is 0.126 e. The van der Waals surface area contributed by atoms with Gasteiger partial charge in [-0.2, -0.15) is 0 Å². The molecule has 172 valence electrons. The molecule has 32 heavy (non-hydrogen) atoms. The fourth-order valence-corrected chi connectivity index (χ4v) is 5.55. The summed E-state index contributed by atoms with van der Waals surface area (Å²) < 4.78 is 18.5. The summed E-state index contributed by atoms with van der Waals surface area (Å²) in [5.41, 5.74) is 6.17. The highest BCUT2D eigenvalue weighted by Crippen LogP contribution is 2.36. The van der Waals surface area contributed by atoms with Crippen LogP contribution < -0.4 is 4.72 Å². The molecule has 1 N–H and O–H groups in total. The molecule has 1 aliphatic carbocycles. The minimum atomic E-state index is -1.22. The molecule has 0 spiro atoms. The van der Waals surface area contributed by atoms with E-state index in [0.29, 0.717) is 11.8 Å². The van der Waals surface area contributed by atoms with Crippen LogP contribution in [0.1, 0.15) is 64.5 Å². The summed E-state index contributed by atoms with van der Waals surface area (Å²) in [5.74, 6) is 1.20. The normalized spacial score (nSPS) is 16.1. The third-order valence-corrected chi connectivity index (χ3v) is 7.72. The third kappa shape index (κ3) is 4.99. The highest BCUT2D eigenvalue weighted by atomic mass is 32.2. The largest absolute Gasteiger partial charge is 0.339 e. The van der Waals surface area contributed by atoms with Gasteiger partial charge in [0.05, 0.1) is 16.3 Å². The van der Waals surface area contributed by atoms with E-state index in [1.165, 1.54) is 47.0 Å². The van der Waals surface area contributed by atoms with E-state index in [2.05, 4.69) is 68.2 Å². The predicted octanol–water partition coefficient (Wildman–Crippen LogP) is 6.42. The van der Waals surface area contributed by atoms with E-state index >= 15 is 0 Å². The monoisotopic (exact) mass is 451 g/mol. The van der Waals surface area contributed by atoms with Crippen LogP contribution in [0.2, 0.25) is 0 Å². The number of nitrogens with zero attached hydrogens (tertiary/aromatic N) is 2. The molecule has 0 bridgehead atoms. The molecule has 2 atom stereocenters. The van der Waals surface area contributed by atoms with E-state index in [4.69, 9.17) is 4.98 Å². The molecule has 1 fully saturated rings. The van der Waals surface area contributed by atoms with Gasteiger partial charge in [0.1, 0.15) is 11.0 Å². The number of aryl methyl sites for hydroxylation is 2. The standard InChI is InChI=1S/C27H37N3OS/c1-6-7-8-24-23-13-9-19(4)15-26(23)30(17-18(2)3)27(24)25-14-12-22(16-28-25)32(31)29-20(5)21-10-11-21/h9,12-16,18,20-21,29H,6-8,10-11,17H2,1-5H3. The lowest BCUT2D eigenvalue weighted by molar-refractivity contribution is 0.537. The summed E-state index contributed by atoms with van der Waals surface area (Å²) in [6.45, 7) is 12.0. The highest BCUT2D eigenvalue weighted by molar-refractivity contribution is 7.83. The van der Waals surface area contributed by atoms with E-state index in [1.54, 1.807) is 6.20 Å². The molecule has 2 aromatic heterocycles. The Balaban J connectivity index is 1.75. The summed E-state index contributed by atoms with van der Waals surface area (Å²) >= 11 is 0. The van der Waals surface area contributed by atoms with Gasteiger partial charge < -0.3 is 4.57 Å². The van der Waals surface area contributed by atoms with Crippen LogP contribution in [0.3, 0.4) is 0 Å². The SMILES string of the molecule is CCCCc1c(-c2ccc(S(=O)NC(C)C3CC3)cn2)n(CC(C)C)c2cc(C)ccc12. The molecular weight excluding hydrogens is 414 g/mol. The zero-order chi connectivity index (χ0) is 22.8. The first-order valence-electron chi connectivity index (χ1n) is 12.1. The first-order valence-corrected chi connectivity index (χ1v) is 13.3. The van der Waals surface area contributed by atoms with Crippen LogP contribution in [0, 0.1) is 18.8 Å². The summed E-state index contributed by atoms with van der Waals surface area (Å²) in [6.07, 6.45) is 7.65. The second-order valence-electron chi connectivity index (χ2n) is 9.85. The molecule has 1 aliphatic rings.